The highest BCUT2D eigenvalue weighted by atomic mass is 16.3. The molecule has 0 radical (unpaired) electrons. The number of hydrogen-bond acceptors (Lipinski definition) is 3. The molecule has 19 heavy (non-hydrogen) atoms. The van der Waals surface area contributed by atoms with Crippen molar-refractivity contribution in [2.24, 2.45) is 0 Å². The standard InChI is InChI=1S/C15H24N2O2/c1-2-3-4-5-6-7-11-17-15(19)12-9-8-10-13(16)14(12)18/h8-10,18H,2-7,11,16H2,1H3,(H,17,19). The van der Waals surface area contributed by atoms with Gasteiger partial charge in [-0.05, 0) is 18.6 Å². The summed E-state index contributed by atoms with van der Waals surface area (Å²) in [6, 6.07) is 4.80. The molecule has 1 aromatic rings. The summed E-state index contributed by atoms with van der Waals surface area (Å²) in [4.78, 5) is 11.8. The number of nitrogen functional groups attached to an aromatic ring is 1. The molecule has 0 aliphatic rings. The lowest BCUT2D eigenvalue weighted by molar-refractivity contribution is 0.0950. The molecular weight excluding hydrogens is 240 g/mol. The lowest BCUT2D eigenvalue weighted by Gasteiger charge is -2.08. The second-order valence-corrected chi connectivity index (χ2v) is 4.77. The lowest BCUT2D eigenvalue weighted by Crippen LogP contribution is -2.24. The summed E-state index contributed by atoms with van der Waals surface area (Å²) in [6.45, 7) is 2.83. The van der Waals surface area contributed by atoms with Crippen molar-refractivity contribution in [2.45, 2.75) is 45.4 Å². The van der Waals surface area contributed by atoms with Crippen molar-refractivity contribution in [1.82, 2.24) is 5.32 Å². The summed E-state index contributed by atoms with van der Waals surface area (Å²) in [5.41, 5.74) is 6.02. The number of carbonyl (C=O) groups is 1. The number of benzene rings is 1. The number of rotatable bonds is 8. The van der Waals surface area contributed by atoms with Crippen LogP contribution in [0, 0.1) is 0 Å². The molecule has 0 heterocycles. The topological polar surface area (TPSA) is 75.4 Å². The van der Waals surface area contributed by atoms with E-state index in [1.807, 2.05) is 0 Å². The maximum absolute atomic E-state index is 11.8. The Labute approximate surface area is 115 Å². The molecule has 0 fully saturated rings. The van der Waals surface area contributed by atoms with Gasteiger partial charge in [-0.3, -0.25) is 4.79 Å². The average molecular weight is 264 g/mol. The van der Waals surface area contributed by atoms with E-state index >= 15 is 0 Å². The fourth-order valence-corrected chi connectivity index (χ4v) is 1.95. The highest BCUT2D eigenvalue weighted by Crippen LogP contribution is 2.23. The van der Waals surface area contributed by atoms with Gasteiger partial charge in [-0.1, -0.05) is 45.1 Å². The van der Waals surface area contributed by atoms with E-state index in [9.17, 15) is 9.90 Å². The quantitative estimate of drug-likeness (QED) is 0.384. The van der Waals surface area contributed by atoms with Crippen LogP contribution in [-0.2, 0) is 0 Å². The first-order valence-corrected chi connectivity index (χ1v) is 7.02. The predicted molar refractivity (Wildman–Crippen MR) is 78.2 cm³/mol. The van der Waals surface area contributed by atoms with E-state index in [1.165, 1.54) is 25.7 Å². The zero-order valence-corrected chi connectivity index (χ0v) is 11.6. The molecule has 0 atom stereocenters. The van der Waals surface area contributed by atoms with Crippen LogP contribution in [0.25, 0.3) is 0 Å². The molecule has 1 aromatic carbocycles. The van der Waals surface area contributed by atoms with Gasteiger partial charge in [0, 0.05) is 6.54 Å². The molecule has 4 N–H and O–H groups in total. The van der Waals surface area contributed by atoms with Crippen LogP contribution in [0.3, 0.4) is 0 Å². The summed E-state index contributed by atoms with van der Waals surface area (Å²) in [5, 5.41) is 12.5. The summed E-state index contributed by atoms with van der Waals surface area (Å²) < 4.78 is 0. The van der Waals surface area contributed by atoms with E-state index in [1.54, 1.807) is 18.2 Å². The van der Waals surface area contributed by atoms with Crippen LogP contribution < -0.4 is 11.1 Å². The van der Waals surface area contributed by atoms with Crippen LogP contribution in [0.4, 0.5) is 5.69 Å². The van der Waals surface area contributed by atoms with Crippen LogP contribution in [-0.4, -0.2) is 17.6 Å². The highest BCUT2D eigenvalue weighted by molar-refractivity contribution is 5.98. The molecular formula is C15H24N2O2. The van der Waals surface area contributed by atoms with Crippen LogP contribution in [0.1, 0.15) is 55.8 Å². The smallest absolute Gasteiger partial charge is 0.255 e. The Morgan fingerprint density at radius 3 is 2.63 bits per heavy atom. The monoisotopic (exact) mass is 264 g/mol. The first-order chi connectivity index (χ1) is 9.16. The number of unbranched alkanes of at least 4 members (excludes halogenated alkanes) is 5. The van der Waals surface area contributed by atoms with E-state index < -0.39 is 0 Å². The van der Waals surface area contributed by atoms with Gasteiger partial charge in [-0.2, -0.15) is 0 Å². The molecule has 0 spiro atoms. The van der Waals surface area contributed by atoms with Crippen molar-refractivity contribution < 1.29 is 9.90 Å². The van der Waals surface area contributed by atoms with Crippen molar-refractivity contribution in [3.05, 3.63) is 23.8 Å². The molecule has 4 nitrogen and oxygen atoms in total. The molecule has 4 heteroatoms. The fourth-order valence-electron chi connectivity index (χ4n) is 1.95. The normalized spacial score (nSPS) is 10.4. The van der Waals surface area contributed by atoms with Gasteiger partial charge in [0.1, 0.15) is 0 Å². The Balaban J connectivity index is 2.26. The number of amides is 1. The second-order valence-electron chi connectivity index (χ2n) is 4.77. The van der Waals surface area contributed by atoms with Gasteiger partial charge in [0.15, 0.2) is 5.75 Å². The van der Waals surface area contributed by atoms with E-state index in [0.29, 0.717) is 6.54 Å². The second kappa shape index (κ2) is 8.40. The number of nitrogens with one attached hydrogen (secondary N) is 1. The first-order valence-electron chi connectivity index (χ1n) is 7.02. The molecule has 0 aliphatic heterocycles. The summed E-state index contributed by atoms with van der Waals surface area (Å²) in [7, 11) is 0. The zero-order chi connectivity index (χ0) is 14.1. The van der Waals surface area contributed by atoms with Gasteiger partial charge in [-0.15, -0.1) is 0 Å². The van der Waals surface area contributed by atoms with Crippen molar-refractivity contribution in [1.29, 1.82) is 0 Å². The van der Waals surface area contributed by atoms with Gasteiger partial charge < -0.3 is 16.2 Å². The largest absolute Gasteiger partial charge is 0.505 e. The van der Waals surface area contributed by atoms with E-state index in [2.05, 4.69) is 12.2 Å². The van der Waals surface area contributed by atoms with Crippen LogP contribution in [0.5, 0.6) is 5.75 Å². The molecule has 0 saturated heterocycles. The number of aromatic hydroxyl groups is 1. The predicted octanol–water partition coefficient (Wildman–Crippen LogP) is 3.06. The molecule has 0 saturated carbocycles. The van der Waals surface area contributed by atoms with E-state index in [4.69, 9.17) is 5.73 Å². The van der Waals surface area contributed by atoms with Gasteiger partial charge in [0.2, 0.25) is 0 Å². The first kappa shape index (κ1) is 15.3. The van der Waals surface area contributed by atoms with Gasteiger partial charge >= 0.3 is 0 Å². The average Bonchev–Trinajstić information content (AvgIpc) is 2.40. The Hall–Kier alpha value is -1.71. The Kier molecular flexibility index (Phi) is 6.79. The van der Waals surface area contributed by atoms with E-state index in [0.717, 1.165) is 12.8 Å². The van der Waals surface area contributed by atoms with Crippen molar-refractivity contribution >= 4 is 11.6 Å². The van der Waals surface area contributed by atoms with Crippen LogP contribution in [0.15, 0.2) is 18.2 Å². The number of nitrogens with two attached hydrogens (primary N) is 1. The summed E-state index contributed by atoms with van der Waals surface area (Å²) in [6.07, 6.45) is 7.10. The zero-order valence-electron chi connectivity index (χ0n) is 11.6. The SMILES string of the molecule is CCCCCCCCNC(=O)c1cccc(N)c1O. The molecule has 0 unspecified atom stereocenters. The number of para-hydroxylation sites is 1. The van der Waals surface area contributed by atoms with Crippen LogP contribution in [0.2, 0.25) is 0 Å². The maximum atomic E-state index is 11.8. The number of phenolic OH excluding ortho intramolecular Hbond substituents is 1. The van der Waals surface area contributed by atoms with Gasteiger partial charge in [0.25, 0.3) is 5.91 Å². The number of anilines is 1. The van der Waals surface area contributed by atoms with Crippen molar-refractivity contribution in [2.75, 3.05) is 12.3 Å². The van der Waals surface area contributed by atoms with E-state index in [-0.39, 0.29) is 22.9 Å². The lowest BCUT2D eigenvalue weighted by atomic mass is 10.1. The summed E-state index contributed by atoms with van der Waals surface area (Å²) in [5.74, 6) is -0.402. The third-order valence-electron chi connectivity index (χ3n) is 3.13. The minimum Gasteiger partial charge on any atom is -0.505 e. The third kappa shape index (κ3) is 5.20. The van der Waals surface area contributed by atoms with Gasteiger partial charge in [-0.25, -0.2) is 0 Å². The highest BCUT2D eigenvalue weighted by Gasteiger charge is 2.11. The van der Waals surface area contributed by atoms with Gasteiger partial charge in [0.05, 0.1) is 11.3 Å². The van der Waals surface area contributed by atoms with Crippen LogP contribution >= 0.6 is 0 Å². The molecule has 1 amide bonds. The Bertz CT molecular complexity index is 405. The molecule has 0 aliphatic carbocycles. The maximum Gasteiger partial charge on any atom is 0.255 e. The minimum atomic E-state index is -0.265. The molecule has 0 aromatic heterocycles. The molecule has 106 valence electrons. The van der Waals surface area contributed by atoms with Crippen molar-refractivity contribution in [3.8, 4) is 5.75 Å². The van der Waals surface area contributed by atoms with Crippen molar-refractivity contribution in [3.63, 3.8) is 0 Å². The third-order valence-corrected chi connectivity index (χ3v) is 3.13. The minimum absolute atomic E-state index is 0.136. The molecule has 1 rings (SSSR count). The number of carbonyl (C=O) groups excluding carboxylic acids is 1. The Morgan fingerprint density at radius 2 is 1.89 bits per heavy atom. The number of phenols is 1. The number of hydrogen-bond donors (Lipinski definition) is 3. The summed E-state index contributed by atoms with van der Waals surface area (Å²) >= 11 is 0. The molecule has 0 bridgehead atoms. The Morgan fingerprint density at radius 1 is 1.21 bits per heavy atom. The fraction of sp³-hybridized carbons (Fsp3) is 0.533.